The molecule has 0 atom stereocenters. The van der Waals surface area contributed by atoms with Gasteiger partial charge in [0.2, 0.25) is 0 Å². The number of hydrogen-bond donors (Lipinski definition) is 2. The molecule has 4 nitrogen and oxygen atoms in total. The van der Waals surface area contributed by atoms with Crippen LogP contribution in [0.1, 0.15) is 10.4 Å². The summed E-state index contributed by atoms with van der Waals surface area (Å²) in [5.74, 6) is -2.59. The summed E-state index contributed by atoms with van der Waals surface area (Å²) in [5.41, 5.74) is 5.47. The normalized spacial score (nSPS) is 10.8. The van der Waals surface area contributed by atoms with E-state index in [-0.39, 0.29) is 11.3 Å². The smallest absolute Gasteiger partial charge is 0.260 e. The zero-order valence-electron chi connectivity index (χ0n) is 10.6. The van der Waals surface area contributed by atoms with E-state index in [2.05, 4.69) is 10.3 Å². The number of nitrogens with zero attached hydrogens (tertiary/aromatic N) is 1. The van der Waals surface area contributed by atoms with Crippen LogP contribution in [0.3, 0.4) is 0 Å². The first-order valence-corrected chi connectivity index (χ1v) is 6.77. The van der Waals surface area contributed by atoms with Crippen LogP contribution in [-0.2, 0) is 0 Å². The Morgan fingerprint density at radius 1 is 1.19 bits per heavy atom. The number of hydrogen-bond acceptors (Lipinski definition) is 4. The van der Waals surface area contributed by atoms with Crippen molar-refractivity contribution in [3.63, 3.8) is 0 Å². The van der Waals surface area contributed by atoms with Gasteiger partial charge in [0.05, 0.1) is 21.5 Å². The molecule has 0 unspecified atom stereocenters. The molecule has 0 aliphatic rings. The number of thiazole rings is 1. The van der Waals surface area contributed by atoms with Crippen molar-refractivity contribution in [1.29, 1.82) is 0 Å². The van der Waals surface area contributed by atoms with Crippen LogP contribution >= 0.6 is 11.3 Å². The maximum Gasteiger partial charge on any atom is 0.260 e. The molecule has 1 aromatic heterocycles. The molecule has 7 heteroatoms. The SMILES string of the molecule is Nc1cc(C(=O)Nc2nc3ccccc3s2)c(F)cc1F. The average Bonchev–Trinajstić information content (AvgIpc) is 2.84. The van der Waals surface area contributed by atoms with Gasteiger partial charge in [0, 0.05) is 6.07 Å². The van der Waals surface area contributed by atoms with E-state index in [0.717, 1.165) is 16.3 Å². The van der Waals surface area contributed by atoms with Crippen molar-refractivity contribution in [2.75, 3.05) is 11.1 Å². The maximum absolute atomic E-state index is 13.6. The minimum atomic E-state index is -0.972. The topological polar surface area (TPSA) is 68.0 Å². The van der Waals surface area contributed by atoms with Crippen LogP contribution in [0.25, 0.3) is 10.2 Å². The predicted octanol–water partition coefficient (Wildman–Crippen LogP) is 3.41. The number of nitrogens with two attached hydrogens (primary N) is 1. The van der Waals surface area contributed by atoms with E-state index < -0.39 is 17.5 Å². The lowest BCUT2D eigenvalue weighted by Gasteiger charge is -2.05. The standard InChI is InChI=1S/C14H9F2N3OS/c15-8-6-9(16)10(17)5-7(8)13(20)19-14-18-11-3-1-2-4-12(11)21-14/h1-6H,17H2,(H,18,19,20). The minimum absolute atomic E-state index is 0.286. The second kappa shape index (κ2) is 5.10. The summed E-state index contributed by atoms with van der Waals surface area (Å²) in [7, 11) is 0. The number of halogens is 2. The number of benzene rings is 2. The van der Waals surface area contributed by atoms with Crippen molar-refractivity contribution in [1.82, 2.24) is 4.98 Å². The lowest BCUT2D eigenvalue weighted by Crippen LogP contribution is -2.14. The van der Waals surface area contributed by atoms with Crippen LogP contribution in [0.4, 0.5) is 19.6 Å². The van der Waals surface area contributed by atoms with Gasteiger partial charge in [0.15, 0.2) is 5.13 Å². The Labute approximate surface area is 122 Å². The summed E-state index contributed by atoms with van der Waals surface area (Å²) < 4.78 is 27.6. The number of nitrogens with one attached hydrogen (secondary N) is 1. The molecule has 0 bridgehead atoms. The third-order valence-corrected chi connectivity index (χ3v) is 3.80. The molecular formula is C14H9F2N3OS. The second-order valence-electron chi connectivity index (χ2n) is 4.29. The van der Waals surface area contributed by atoms with Crippen molar-refractivity contribution >= 4 is 38.3 Å². The molecule has 2 aromatic carbocycles. The highest BCUT2D eigenvalue weighted by Crippen LogP contribution is 2.26. The first kappa shape index (κ1) is 13.4. The Bertz CT molecular complexity index is 814. The van der Waals surface area contributed by atoms with E-state index in [1.54, 1.807) is 6.07 Å². The molecule has 0 aliphatic carbocycles. The van der Waals surface area contributed by atoms with Crippen molar-refractivity contribution in [2.24, 2.45) is 0 Å². The number of carbonyl (C=O) groups excluding carboxylic acids is 1. The van der Waals surface area contributed by atoms with Crippen LogP contribution in [0.2, 0.25) is 0 Å². The van der Waals surface area contributed by atoms with Gasteiger partial charge in [-0.3, -0.25) is 10.1 Å². The minimum Gasteiger partial charge on any atom is -0.396 e. The summed E-state index contributed by atoms with van der Waals surface area (Å²) in [6.07, 6.45) is 0. The van der Waals surface area contributed by atoms with Gasteiger partial charge in [-0.2, -0.15) is 0 Å². The van der Waals surface area contributed by atoms with Gasteiger partial charge in [-0.15, -0.1) is 0 Å². The van der Waals surface area contributed by atoms with Crippen molar-refractivity contribution in [3.8, 4) is 0 Å². The van der Waals surface area contributed by atoms with Crippen LogP contribution in [0, 0.1) is 11.6 Å². The van der Waals surface area contributed by atoms with Crippen LogP contribution in [0.5, 0.6) is 0 Å². The summed E-state index contributed by atoms with van der Waals surface area (Å²) in [6.45, 7) is 0. The number of fused-ring (bicyclic) bond motifs is 1. The number of para-hydroxylation sites is 1. The summed E-state index contributed by atoms with van der Waals surface area (Å²) in [6, 6.07) is 8.90. The molecule has 0 fully saturated rings. The number of nitrogen functional groups attached to an aromatic ring is 1. The molecule has 0 saturated carbocycles. The Hall–Kier alpha value is -2.54. The monoisotopic (exact) mass is 305 g/mol. The zero-order valence-corrected chi connectivity index (χ0v) is 11.4. The number of carbonyl (C=O) groups is 1. The number of aromatic nitrogens is 1. The Kier molecular flexibility index (Phi) is 3.26. The highest BCUT2D eigenvalue weighted by atomic mass is 32.1. The molecule has 3 aromatic rings. The van der Waals surface area contributed by atoms with Crippen LogP contribution in [0.15, 0.2) is 36.4 Å². The van der Waals surface area contributed by atoms with Crippen molar-refractivity contribution in [2.45, 2.75) is 0 Å². The second-order valence-corrected chi connectivity index (χ2v) is 5.33. The maximum atomic E-state index is 13.6. The average molecular weight is 305 g/mol. The molecule has 1 heterocycles. The van der Waals surface area contributed by atoms with Gasteiger partial charge >= 0.3 is 0 Å². The number of anilines is 2. The van der Waals surface area contributed by atoms with Crippen LogP contribution in [-0.4, -0.2) is 10.9 Å². The van der Waals surface area contributed by atoms with Crippen LogP contribution < -0.4 is 11.1 Å². The fourth-order valence-electron chi connectivity index (χ4n) is 1.83. The van der Waals surface area contributed by atoms with E-state index in [0.29, 0.717) is 11.2 Å². The van der Waals surface area contributed by atoms with E-state index >= 15 is 0 Å². The van der Waals surface area contributed by atoms with Gasteiger partial charge < -0.3 is 5.73 Å². The molecular weight excluding hydrogens is 296 g/mol. The van der Waals surface area contributed by atoms with Gasteiger partial charge in [0.25, 0.3) is 5.91 Å². The molecule has 106 valence electrons. The van der Waals surface area contributed by atoms with E-state index in [9.17, 15) is 13.6 Å². The summed E-state index contributed by atoms with van der Waals surface area (Å²) in [4.78, 5) is 16.2. The molecule has 0 aliphatic heterocycles. The summed E-state index contributed by atoms with van der Waals surface area (Å²) in [5, 5.41) is 2.82. The molecule has 3 rings (SSSR count). The first-order valence-electron chi connectivity index (χ1n) is 5.96. The van der Waals surface area contributed by atoms with Gasteiger partial charge in [0.1, 0.15) is 11.6 Å². The van der Waals surface area contributed by atoms with E-state index in [1.807, 2.05) is 18.2 Å². The van der Waals surface area contributed by atoms with Crippen molar-refractivity contribution in [3.05, 3.63) is 53.6 Å². The Morgan fingerprint density at radius 3 is 2.71 bits per heavy atom. The van der Waals surface area contributed by atoms with Gasteiger partial charge in [-0.25, -0.2) is 13.8 Å². The molecule has 1 amide bonds. The summed E-state index contributed by atoms with van der Waals surface area (Å²) >= 11 is 1.26. The van der Waals surface area contributed by atoms with E-state index in [1.165, 1.54) is 11.3 Å². The highest BCUT2D eigenvalue weighted by Gasteiger charge is 2.16. The molecule has 0 saturated heterocycles. The fourth-order valence-corrected chi connectivity index (χ4v) is 2.69. The first-order chi connectivity index (χ1) is 10.0. The van der Waals surface area contributed by atoms with Gasteiger partial charge in [-0.1, -0.05) is 23.5 Å². The molecule has 0 radical (unpaired) electrons. The lowest BCUT2D eigenvalue weighted by molar-refractivity contribution is 0.102. The third-order valence-electron chi connectivity index (χ3n) is 2.85. The van der Waals surface area contributed by atoms with Crippen molar-refractivity contribution < 1.29 is 13.6 Å². The largest absolute Gasteiger partial charge is 0.396 e. The fraction of sp³-hybridized carbons (Fsp3) is 0. The molecule has 21 heavy (non-hydrogen) atoms. The highest BCUT2D eigenvalue weighted by molar-refractivity contribution is 7.22. The quantitative estimate of drug-likeness (QED) is 0.713. The number of rotatable bonds is 2. The molecule has 3 N–H and O–H groups in total. The molecule has 0 spiro atoms. The Balaban J connectivity index is 1.91. The lowest BCUT2D eigenvalue weighted by atomic mass is 10.1. The number of amides is 1. The third kappa shape index (κ3) is 2.55. The van der Waals surface area contributed by atoms with Gasteiger partial charge in [-0.05, 0) is 18.2 Å². The zero-order chi connectivity index (χ0) is 15.0. The predicted molar refractivity (Wildman–Crippen MR) is 78.3 cm³/mol. The Morgan fingerprint density at radius 2 is 1.95 bits per heavy atom. The van der Waals surface area contributed by atoms with E-state index in [4.69, 9.17) is 5.73 Å².